The first-order valence-corrected chi connectivity index (χ1v) is 7.82. The SMILES string of the molecule is CC(C)(CNC1CC1)CN1CCN(C2CC2)CC1. The van der Waals surface area contributed by atoms with Crippen LogP contribution in [0.25, 0.3) is 0 Å². The van der Waals surface area contributed by atoms with Crippen LogP contribution in [-0.4, -0.2) is 61.2 Å². The summed E-state index contributed by atoms with van der Waals surface area (Å²) in [4.78, 5) is 5.37. The van der Waals surface area contributed by atoms with Crippen LogP contribution in [0.3, 0.4) is 0 Å². The van der Waals surface area contributed by atoms with E-state index in [4.69, 9.17) is 0 Å². The molecule has 1 N–H and O–H groups in total. The summed E-state index contributed by atoms with van der Waals surface area (Å²) in [6.45, 7) is 12.4. The van der Waals surface area contributed by atoms with Crippen LogP contribution in [0.15, 0.2) is 0 Å². The Morgan fingerprint density at radius 3 is 2.22 bits per heavy atom. The minimum absolute atomic E-state index is 0.421. The highest BCUT2D eigenvalue weighted by Gasteiger charge is 2.33. The van der Waals surface area contributed by atoms with E-state index < -0.39 is 0 Å². The van der Waals surface area contributed by atoms with E-state index in [9.17, 15) is 0 Å². The molecule has 2 aliphatic carbocycles. The number of rotatable bonds is 6. The van der Waals surface area contributed by atoms with Crippen molar-refractivity contribution in [1.82, 2.24) is 15.1 Å². The predicted octanol–water partition coefficient (Wildman–Crippen LogP) is 1.54. The zero-order valence-electron chi connectivity index (χ0n) is 12.1. The predicted molar refractivity (Wildman–Crippen MR) is 75.8 cm³/mol. The molecule has 0 amide bonds. The Morgan fingerprint density at radius 2 is 1.67 bits per heavy atom. The molecule has 0 radical (unpaired) electrons. The Balaban J connectivity index is 1.38. The van der Waals surface area contributed by atoms with Gasteiger partial charge in [0, 0.05) is 51.4 Å². The van der Waals surface area contributed by atoms with Gasteiger partial charge in [0.05, 0.1) is 0 Å². The molecular weight excluding hydrogens is 222 g/mol. The van der Waals surface area contributed by atoms with Gasteiger partial charge in [-0.15, -0.1) is 0 Å². The van der Waals surface area contributed by atoms with Crippen molar-refractivity contribution in [2.45, 2.75) is 51.6 Å². The van der Waals surface area contributed by atoms with E-state index in [1.54, 1.807) is 0 Å². The zero-order chi connectivity index (χ0) is 12.6. The number of nitrogens with zero attached hydrogens (tertiary/aromatic N) is 2. The molecule has 0 unspecified atom stereocenters. The van der Waals surface area contributed by atoms with Gasteiger partial charge < -0.3 is 10.2 Å². The van der Waals surface area contributed by atoms with E-state index in [1.165, 1.54) is 65.0 Å². The van der Waals surface area contributed by atoms with E-state index in [0.29, 0.717) is 5.41 Å². The summed E-state index contributed by atoms with van der Waals surface area (Å²) in [5, 5.41) is 3.69. The third-order valence-corrected chi connectivity index (χ3v) is 4.57. The van der Waals surface area contributed by atoms with Crippen molar-refractivity contribution in [2.75, 3.05) is 39.3 Å². The summed E-state index contributed by atoms with van der Waals surface area (Å²) < 4.78 is 0. The van der Waals surface area contributed by atoms with Crippen molar-refractivity contribution in [3.05, 3.63) is 0 Å². The minimum atomic E-state index is 0.421. The van der Waals surface area contributed by atoms with Crippen molar-refractivity contribution in [3.8, 4) is 0 Å². The van der Waals surface area contributed by atoms with Crippen molar-refractivity contribution >= 4 is 0 Å². The lowest BCUT2D eigenvalue weighted by molar-refractivity contribution is 0.0922. The molecule has 0 bridgehead atoms. The van der Waals surface area contributed by atoms with E-state index in [1.807, 2.05) is 0 Å². The van der Waals surface area contributed by atoms with Gasteiger partial charge in [-0.05, 0) is 31.1 Å². The highest BCUT2D eigenvalue weighted by molar-refractivity contribution is 4.89. The second-order valence-corrected chi connectivity index (χ2v) is 7.36. The van der Waals surface area contributed by atoms with Crippen LogP contribution in [0.5, 0.6) is 0 Å². The molecule has 18 heavy (non-hydrogen) atoms. The third kappa shape index (κ3) is 3.69. The average molecular weight is 251 g/mol. The lowest BCUT2D eigenvalue weighted by Crippen LogP contribution is -2.51. The Labute approximate surface area is 112 Å². The lowest BCUT2D eigenvalue weighted by Gasteiger charge is -2.39. The van der Waals surface area contributed by atoms with Crippen molar-refractivity contribution in [1.29, 1.82) is 0 Å². The Bertz CT molecular complexity index is 273. The van der Waals surface area contributed by atoms with Gasteiger partial charge in [-0.2, -0.15) is 0 Å². The molecule has 0 aromatic rings. The smallest absolute Gasteiger partial charge is 0.0113 e. The van der Waals surface area contributed by atoms with Gasteiger partial charge in [0.25, 0.3) is 0 Å². The van der Waals surface area contributed by atoms with Gasteiger partial charge in [-0.25, -0.2) is 0 Å². The summed E-state index contributed by atoms with van der Waals surface area (Å²) in [5.41, 5.74) is 0.421. The molecule has 1 saturated heterocycles. The maximum absolute atomic E-state index is 3.69. The van der Waals surface area contributed by atoms with Crippen LogP contribution in [0.4, 0.5) is 0 Å². The number of piperazine rings is 1. The summed E-state index contributed by atoms with van der Waals surface area (Å²) in [7, 11) is 0. The molecule has 1 heterocycles. The Hall–Kier alpha value is -0.120. The molecule has 3 nitrogen and oxygen atoms in total. The van der Waals surface area contributed by atoms with Gasteiger partial charge in [0.15, 0.2) is 0 Å². The maximum Gasteiger partial charge on any atom is 0.0113 e. The average Bonchev–Trinajstić information content (AvgIpc) is 3.19. The third-order valence-electron chi connectivity index (χ3n) is 4.57. The van der Waals surface area contributed by atoms with E-state index in [-0.39, 0.29) is 0 Å². The highest BCUT2D eigenvalue weighted by atomic mass is 15.3. The van der Waals surface area contributed by atoms with Gasteiger partial charge in [0.1, 0.15) is 0 Å². The van der Waals surface area contributed by atoms with Crippen LogP contribution in [0.1, 0.15) is 39.5 Å². The first-order valence-electron chi connectivity index (χ1n) is 7.82. The van der Waals surface area contributed by atoms with E-state index in [2.05, 4.69) is 29.0 Å². The van der Waals surface area contributed by atoms with Crippen LogP contribution in [0.2, 0.25) is 0 Å². The molecule has 0 aromatic carbocycles. The lowest BCUT2D eigenvalue weighted by atomic mass is 9.92. The van der Waals surface area contributed by atoms with Crippen molar-refractivity contribution in [2.24, 2.45) is 5.41 Å². The molecule has 2 saturated carbocycles. The van der Waals surface area contributed by atoms with E-state index >= 15 is 0 Å². The standard InChI is InChI=1S/C15H29N3/c1-15(2,11-16-13-3-4-13)12-17-7-9-18(10-8-17)14-5-6-14/h13-14,16H,3-12H2,1-2H3. The van der Waals surface area contributed by atoms with Gasteiger partial charge in [-0.3, -0.25) is 4.90 Å². The molecule has 1 aliphatic heterocycles. The summed E-state index contributed by atoms with van der Waals surface area (Å²) in [5.74, 6) is 0. The second-order valence-electron chi connectivity index (χ2n) is 7.36. The summed E-state index contributed by atoms with van der Waals surface area (Å²) in [6.07, 6.45) is 5.71. The molecule has 0 spiro atoms. The normalized spacial score (nSPS) is 27.7. The molecule has 0 aromatic heterocycles. The van der Waals surface area contributed by atoms with Crippen LogP contribution in [0, 0.1) is 5.41 Å². The van der Waals surface area contributed by atoms with Crippen LogP contribution >= 0.6 is 0 Å². The Morgan fingerprint density at radius 1 is 1.00 bits per heavy atom. The van der Waals surface area contributed by atoms with Gasteiger partial charge in [-0.1, -0.05) is 13.8 Å². The Kier molecular flexibility index (Phi) is 3.65. The van der Waals surface area contributed by atoms with Crippen molar-refractivity contribution in [3.63, 3.8) is 0 Å². The fourth-order valence-corrected chi connectivity index (χ4v) is 3.10. The monoisotopic (exact) mass is 251 g/mol. The summed E-state index contributed by atoms with van der Waals surface area (Å²) in [6, 6.07) is 1.80. The molecule has 3 heteroatoms. The van der Waals surface area contributed by atoms with Gasteiger partial charge in [0.2, 0.25) is 0 Å². The minimum Gasteiger partial charge on any atom is -0.313 e. The number of nitrogens with one attached hydrogen (secondary N) is 1. The molecule has 3 aliphatic rings. The number of hydrogen-bond acceptors (Lipinski definition) is 3. The van der Waals surface area contributed by atoms with Crippen molar-refractivity contribution < 1.29 is 0 Å². The van der Waals surface area contributed by atoms with Crippen LogP contribution < -0.4 is 5.32 Å². The molecule has 3 fully saturated rings. The maximum atomic E-state index is 3.69. The molecule has 3 rings (SSSR count). The van der Waals surface area contributed by atoms with Crippen LogP contribution in [-0.2, 0) is 0 Å². The molecule has 104 valence electrons. The quantitative estimate of drug-likeness (QED) is 0.772. The zero-order valence-corrected chi connectivity index (χ0v) is 12.1. The molecule has 0 atom stereocenters. The first-order chi connectivity index (χ1) is 8.62. The van der Waals surface area contributed by atoms with Gasteiger partial charge >= 0.3 is 0 Å². The topological polar surface area (TPSA) is 18.5 Å². The highest BCUT2D eigenvalue weighted by Crippen LogP contribution is 2.28. The second kappa shape index (κ2) is 5.10. The summed E-state index contributed by atoms with van der Waals surface area (Å²) >= 11 is 0. The van der Waals surface area contributed by atoms with E-state index in [0.717, 1.165) is 12.1 Å². The fraction of sp³-hybridized carbons (Fsp3) is 1.00. The molecular formula is C15H29N3. The fourth-order valence-electron chi connectivity index (χ4n) is 3.10. The number of hydrogen-bond donors (Lipinski definition) is 1. The largest absolute Gasteiger partial charge is 0.313 e. The first kappa shape index (κ1) is 12.9.